The van der Waals surface area contributed by atoms with E-state index in [-0.39, 0.29) is 0 Å². The van der Waals surface area contributed by atoms with Crippen LogP contribution in [-0.4, -0.2) is 54.7 Å². The number of piperazine rings is 1. The molecule has 0 spiro atoms. The first-order chi connectivity index (χ1) is 9.47. The fourth-order valence-corrected chi connectivity index (χ4v) is 5.47. The van der Waals surface area contributed by atoms with Crippen LogP contribution in [0.2, 0.25) is 0 Å². The molecule has 1 aliphatic heterocycles. The van der Waals surface area contributed by atoms with E-state index in [0.29, 0.717) is 10.8 Å². The molecular weight excluding hydrogens is 362 g/mol. The van der Waals surface area contributed by atoms with Crippen molar-refractivity contribution in [3.05, 3.63) is 15.9 Å². The first kappa shape index (κ1) is 16.4. The summed E-state index contributed by atoms with van der Waals surface area (Å²) >= 11 is 4.52. The van der Waals surface area contributed by atoms with Crippen molar-refractivity contribution in [1.29, 1.82) is 0 Å². The number of sulfonamides is 1. The van der Waals surface area contributed by atoms with Gasteiger partial charge in [-0.05, 0) is 28.1 Å². The van der Waals surface area contributed by atoms with Crippen LogP contribution < -0.4 is 14.5 Å². The van der Waals surface area contributed by atoms with Crippen molar-refractivity contribution in [1.82, 2.24) is 4.72 Å². The van der Waals surface area contributed by atoms with E-state index in [9.17, 15) is 8.42 Å². The number of rotatable bonds is 6. The molecule has 0 radical (unpaired) electrons. The minimum atomic E-state index is -3.33. The van der Waals surface area contributed by atoms with Gasteiger partial charge in [-0.25, -0.2) is 13.1 Å². The van der Waals surface area contributed by atoms with E-state index in [1.807, 2.05) is 0 Å². The Labute approximate surface area is 133 Å². The summed E-state index contributed by atoms with van der Waals surface area (Å²) < 4.78 is 27.9. The Morgan fingerprint density at radius 2 is 2.00 bits per heavy atom. The number of hydrogen-bond acceptors (Lipinski definition) is 3. The van der Waals surface area contributed by atoms with E-state index in [1.165, 1.54) is 37.5 Å². The van der Waals surface area contributed by atoms with Gasteiger partial charge in [0.1, 0.15) is 30.4 Å². The van der Waals surface area contributed by atoms with E-state index in [2.05, 4.69) is 27.7 Å². The van der Waals surface area contributed by atoms with Crippen LogP contribution in [0, 0.1) is 0 Å². The second-order valence-corrected chi connectivity index (χ2v) is 9.72. The van der Waals surface area contributed by atoms with Gasteiger partial charge in [-0.1, -0.05) is 0 Å². The van der Waals surface area contributed by atoms with E-state index in [4.69, 9.17) is 0 Å². The Hall–Kier alpha value is 0.01000. The van der Waals surface area contributed by atoms with Gasteiger partial charge in [-0.15, -0.1) is 11.3 Å². The molecule has 8 heteroatoms. The standard InChI is InChI=1S/C12H20BrN3O2S2/c1-15-7-9-16(10-8-15)6-2-5-14-20(17,18)12-4-3-11(13)19-12/h3-4,14H,2,5-10H2,1H3/p+2. The molecule has 5 nitrogen and oxygen atoms in total. The topological polar surface area (TPSA) is 55.1 Å². The molecule has 1 aliphatic rings. The molecule has 20 heavy (non-hydrogen) atoms. The molecule has 0 unspecified atom stereocenters. The molecule has 114 valence electrons. The van der Waals surface area contributed by atoms with Crippen LogP contribution in [0.1, 0.15) is 6.42 Å². The van der Waals surface area contributed by atoms with Crippen molar-refractivity contribution >= 4 is 37.3 Å². The third-order valence-corrected chi connectivity index (χ3v) is 7.20. The Bertz CT molecular complexity index is 525. The van der Waals surface area contributed by atoms with Crippen molar-refractivity contribution in [3.8, 4) is 0 Å². The molecule has 3 N–H and O–H groups in total. The average molecular weight is 384 g/mol. The molecule has 0 atom stereocenters. The lowest BCUT2D eigenvalue weighted by atomic mass is 10.3. The highest BCUT2D eigenvalue weighted by Gasteiger charge is 2.20. The van der Waals surface area contributed by atoms with Crippen LogP contribution in [0.4, 0.5) is 0 Å². The summed E-state index contributed by atoms with van der Waals surface area (Å²) in [6, 6.07) is 3.39. The minimum absolute atomic E-state index is 0.375. The van der Waals surface area contributed by atoms with Crippen LogP contribution in [0.3, 0.4) is 0 Å². The highest BCUT2D eigenvalue weighted by Crippen LogP contribution is 2.25. The Morgan fingerprint density at radius 3 is 2.60 bits per heavy atom. The summed E-state index contributed by atoms with van der Waals surface area (Å²) in [5, 5.41) is 0. The maximum Gasteiger partial charge on any atom is 0.250 e. The smallest absolute Gasteiger partial charge is 0.250 e. The largest absolute Gasteiger partial charge is 0.328 e. The zero-order valence-corrected chi connectivity index (χ0v) is 14.8. The molecule has 2 heterocycles. The zero-order chi connectivity index (χ0) is 14.6. The minimum Gasteiger partial charge on any atom is -0.328 e. The molecule has 1 saturated heterocycles. The van der Waals surface area contributed by atoms with Gasteiger partial charge in [0.2, 0.25) is 10.0 Å². The molecule has 0 bridgehead atoms. The van der Waals surface area contributed by atoms with Crippen molar-refractivity contribution in [2.24, 2.45) is 0 Å². The number of quaternary nitrogens is 2. The van der Waals surface area contributed by atoms with Crippen LogP contribution in [0.15, 0.2) is 20.1 Å². The lowest BCUT2D eigenvalue weighted by molar-refractivity contribution is -1.00. The SMILES string of the molecule is C[NH+]1CC[NH+](CCCNS(=O)(=O)c2ccc(Br)s2)CC1. The molecule has 0 amide bonds. The van der Waals surface area contributed by atoms with E-state index >= 15 is 0 Å². The number of hydrogen-bond donors (Lipinski definition) is 3. The highest BCUT2D eigenvalue weighted by atomic mass is 79.9. The summed E-state index contributed by atoms with van der Waals surface area (Å²) in [6.07, 6.45) is 0.889. The van der Waals surface area contributed by atoms with Crippen molar-refractivity contribution in [2.75, 3.05) is 46.3 Å². The van der Waals surface area contributed by atoms with Crippen LogP contribution in [-0.2, 0) is 10.0 Å². The molecule has 0 aliphatic carbocycles. The maximum atomic E-state index is 12.0. The number of nitrogens with one attached hydrogen (secondary N) is 3. The lowest BCUT2D eigenvalue weighted by Crippen LogP contribution is -3.27. The van der Waals surface area contributed by atoms with Gasteiger partial charge in [0, 0.05) is 13.0 Å². The predicted molar refractivity (Wildman–Crippen MR) is 84.0 cm³/mol. The fraction of sp³-hybridized carbons (Fsp3) is 0.667. The Morgan fingerprint density at radius 1 is 1.30 bits per heavy atom. The predicted octanol–water partition coefficient (Wildman–Crippen LogP) is -1.41. The number of likely N-dealkylation sites (N-methyl/N-ethyl adjacent to an activating group) is 1. The molecule has 1 fully saturated rings. The lowest BCUT2D eigenvalue weighted by Gasteiger charge is -2.27. The fourth-order valence-electron chi connectivity index (χ4n) is 2.34. The molecule has 0 saturated carbocycles. The van der Waals surface area contributed by atoms with E-state index in [0.717, 1.165) is 16.8 Å². The summed E-state index contributed by atoms with van der Waals surface area (Å²) in [4.78, 5) is 3.19. The first-order valence-electron chi connectivity index (χ1n) is 6.87. The summed E-state index contributed by atoms with van der Waals surface area (Å²) in [6.45, 7) is 6.37. The van der Waals surface area contributed by atoms with Gasteiger partial charge in [0.25, 0.3) is 0 Å². The van der Waals surface area contributed by atoms with Crippen LogP contribution in [0.5, 0.6) is 0 Å². The van der Waals surface area contributed by atoms with Gasteiger partial charge in [-0.2, -0.15) is 0 Å². The molecule has 0 aromatic carbocycles. The van der Waals surface area contributed by atoms with Crippen molar-refractivity contribution < 1.29 is 18.2 Å². The van der Waals surface area contributed by atoms with Crippen LogP contribution in [0.25, 0.3) is 0 Å². The molecule has 1 aromatic heterocycles. The van der Waals surface area contributed by atoms with Gasteiger partial charge in [-0.3, -0.25) is 0 Å². The zero-order valence-electron chi connectivity index (χ0n) is 11.6. The molecular formula is C12H22BrN3O2S2+2. The van der Waals surface area contributed by atoms with E-state index < -0.39 is 10.0 Å². The molecule has 1 aromatic rings. The quantitative estimate of drug-likeness (QED) is 0.528. The van der Waals surface area contributed by atoms with Crippen molar-refractivity contribution in [2.45, 2.75) is 10.6 Å². The third-order valence-electron chi connectivity index (χ3n) is 3.62. The Kier molecular flexibility index (Phi) is 6.00. The summed E-state index contributed by atoms with van der Waals surface area (Å²) in [5.74, 6) is 0. The van der Waals surface area contributed by atoms with Gasteiger partial charge in [0.05, 0.1) is 17.4 Å². The van der Waals surface area contributed by atoms with E-state index in [1.54, 1.807) is 21.9 Å². The van der Waals surface area contributed by atoms with Gasteiger partial charge in [0.15, 0.2) is 0 Å². The van der Waals surface area contributed by atoms with Crippen LogP contribution >= 0.6 is 27.3 Å². The third kappa shape index (κ3) is 4.78. The van der Waals surface area contributed by atoms with Gasteiger partial charge >= 0.3 is 0 Å². The Balaban J connectivity index is 1.70. The second kappa shape index (κ2) is 7.33. The summed E-state index contributed by atoms with van der Waals surface area (Å²) in [5.41, 5.74) is 0. The second-order valence-electron chi connectivity index (χ2n) is 5.27. The van der Waals surface area contributed by atoms with Gasteiger partial charge < -0.3 is 9.80 Å². The highest BCUT2D eigenvalue weighted by molar-refractivity contribution is 9.11. The monoisotopic (exact) mass is 383 g/mol. The van der Waals surface area contributed by atoms with Crippen molar-refractivity contribution in [3.63, 3.8) is 0 Å². The number of halogens is 1. The average Bonchev–Trinajstić information content (AvgIpc) is 2.84. The first-order valence-corrected chi connectivity index (χ1v) is 9.96. The normalized spacial score (nSPS) is 23.9. The maximum absolute atomic E-state index is 12.0. The number of thiophene rings is 1. The summed E-state index contributed by atoms with van der Waals surface area (Å²) in [7, 11) is -1.10. The molecule has 2 rings (SSSR count).